The molecule has 3 N–H and O–H groups in total. The highest BCUT2D eigenvalue weighted by atomic mass is 35.5. The maximum absolute atomic E-state index is 15.2. The Balaban J connectivity index is 1.62. The molecule has 5 aliphatic rings. The number of ether oxygens (including phenoxy) is 1. The first-order valence-electron chi connectivity index (χ1n) is 35.3. The fourth-order valence-electron chi connectivity index (χ4n) is 14.1. The van der Waals surface area contributed by atoms with Crippen LogP contribution in [-0.4, -0.2) is 308 Å². The normalized spacial score (nSPS) is 29.0. The molecule has 27 nitrogen and oxygen atoms in total. The summed E-state index contributed by atoms with van der Waals surface area (Å²) in [6.45, 7) is 4.06. The van der Waals surface area contributed by atoms with Crippen molar-refractivity contribution in [3.05, 3.63) is 0 Å². The van der Waals surface area contributed by atoms with Gasteiger partial charge in [-0.05, 0) is 88.4 Å². The molecule has 101 heavy (non-hydrogen) atoms. The predicted octanol–water partition coefficient (Wildman–Crippen LogP) is 2.94. The minimum atomic E-state index is -4.60. The monoisotopic (exact) mass is 1460 g/mol. The van der Waals surface area contributed by atoms with Gasteiger partial charge in [-0.15, -0.1) is 11.6 Å². The molecule has 12 atom stereocenters. The summed E-state index contributed by atoms with van der Waals surface area (Å²) < 4.78 is 76.2. The highest BCUT2D eigenvalue weighted by Crippen LogP contribution is 2.44. The van der Waals surface area contributed by atoms with E-state index in [0.29, 0.717) is 45.2 Å². The van der Waals surface area contributed by atoms with Crippen molar-refractivity contribution in [3.8, 4) is 0 Å². The number of halogens is 6. The summed E-state index contributed by atoms with van der Waals surface area (Å²) in [6.07, 6.45) is -0.430. The van der Waals surface area contributed by atoms with Crippen molar-refractivity contribution in [2.75, 3.05) is 116 Å². The first-order valence-corrected chi connectivity index (χ1v) is 35.7. The van der Waals surface area contributed by atoms with Crippen molar-refractivity contribution in [3.63, 3.8) is 0 Å². The minimum Gasteiger partial charge on any atom is -0.382 e. The summed E-state index contributed by atoms with van der Waals surface area (Å²) in [6, 6.07) is -12.1. The number of hydrogen-bond acceptors (Lipinski definition) is 14. The van der Waals surface area contributed by atoms with Crippen LogP contribution in [-0.2, 0) is 67.1 Å². The largest absolute Gasteiger partial charge is 0.393 e. The van der Waals surface area contributed by atoms with Gasteiger partial charge < -0.3 is 69.7 Å². The third-order valence-corrected chi connectivity index (χ3v) is 21.6. The number of piperidine rings is 1. The van der Waals surface area contributed by atoms with Crippen molar-refractivity contribution in [1.82, 2.24) is 64.9 Å². The van der Waals surface area contributed by atoms with Crippen molar-refractivity contribution >= 4 is 88.4 Å². The van der Waals surface area contributed by atoms with Gasteiger partial charge in [0.1, 0.15) is 48.3 Å². The third-order valence-electron chi connectivity index (χ3n) is 21.1. The van der Waals surface area contributed by atoms with Crippen molar-refractivity contribution < 1.29 is 89.0 Å². The molecule has 33 heteroatoms. The van der Waals surface area contributed by atoms with E-state index >= 15 is 19.2 Å². The van der Waals surface area contributed by atoms with Gasteiger partial charge in [0, 0.05) is 82.0 Å². The SMILES string of the molecule is CC[C@H](C)[C@@H]1NC(=O)[C@H](C)N(C)C(=O)C[C@@H](C(=O)N2CCCCC2)N(C)C(=O)[C@H](C(C)C)N(C)C(=O)[C@H](COC)NC(=O)[C@H](CC(=O)N2CC(F)(F)C2)N(C)C(=O)[C@H](CCC2CCC(C(F)(F)F)C(Cl)C2)NC(=O)CN(C)C(=O)[C@H](CC2CCCCC2)N(C)C(=O)CN(C)C(=O)CN(C)C1=O. The van der Waals surface area contributed by atoms with E-state index in [1.807, 2.05) is 0 Å². The standard InChI is InChI=1S/C68H109ClF5N13O14/c1-15-41(4)57-65(99)80(8)35-55(91)78(6)36-56(92)82(10)50(31-43-22-18-16-19-23-43)63(97)79(7)34-52(88)75-47(27-25-44-24-26-45(46(69)30-44)68(72,73)74)61(95)83(11)49(32-54(90)87-38-67(70,71)39-87)60(94)76-48(37-101-14)62(96)85(13)58(40(2)3)66(100)84(12)51(64(98)86-28-20-17-21-29-86)33-53(89)81(9)42(5)59(93)77-57/h40-51,57-58H,15-39H2,1-14H3,(H,75,88)(H,76,94)(H,77,93)/t41-,42-,44?,45?,46?,47-,48-,49-,50-,51-,57-,58-/m0/s1. The molecule has 572 valence electrons. The number of methoxy groups -OCH3 is 1. The molecule has 13 amide bonds. The molecule has 0 aromatic heterocycles. The third kappa shape index (κ3) is 22.8. The summed E-state index contributed by atoms with van der Waals surface area (Å²) in [5, 5.41) is 6.55. The minimum absolute atomic E-state index is 0.0150. The topological polar surface area (TPSA) is 300 Å². The molecule has 0 bridgehead atoms. The van der Waals surface area contributed by atoms with Gasteiger partial charge in [0.2, 0.25) is 76.8 Å². The first kappa shape index (κ1) is 84.7. The van der Waals surface area contributed by atoms with Crippen LogP contribution in [0.15, 0.2) is 0 Å². The molecule has 0 radical (unpaired) electrons. The maximum Gasteiger partial charge on any atom is 0.393 e. The van der Waals surface area contributed by atoms with Gasteiger partial charge in [0.05, 0.1) is 58.1 Å². The van der Waals surface area contributed by atoms with Crippen molar-refractivity contribution in [2.45, 2.75) is 210 Å². The maximum atomic E-state index is 15.2. The molecule has 3 aliphatic heterocycles. The van der Waals surface area contributed by atoms with E-state index in [9.17, 15) is 65.1 Å². The van der Waals surface area contributed by atoms with Gasteiger partial charge in [0.15, 0.2) is 0 Å². The fourth-order valence-corrected chi connectivity index (χ4v) is 14.6. The van der Waals surface area contributed by atoms with Gasteiger partial charge in [-0.3, -0.25) is 62.3 Å². The van der Waals surface area contributed by atoms with Crippen LogP contribution < -0.4 is 16.0 Å². The second-order valence-electron chi connectivity index (χ2n) is 29.0. The highest BCUT2D eigenvalue weighted by Gasteiger charge is 2.50. The van der Waals surface area contributed by atoms with E-state index in [1.54, 1.807) is 27.7 Å². The van der Waals surface area contributed by atoms with Crippen molar-refractivity contribution in [2.24, 2.45) is 29.6 Å². The van der Waals surface area contributed by atoms with Crippen LogP contribution in [0.3, 0.4) is 0 Å². The van der Waals surface area contributed by atoms with Gasteiger partial charge in [-0.25, -0.2) is 8.78 Å². The van der Waals surface area contributed by atoms with Crippen LogP contribution in [0, 0.1) is 29.6 Å². The summed E-state index contributed by atoms with van der Waals surface area (Å²) >= 11 is 6.35. The Morgan fingerprint density at radius 2 is 1.19 bits per heavy atom. The van der Waals surface area contributed by atoms with Crippen LogP contribution in [0.5, 0.6) is 0 Å². The molecule has 5 fully saturated rings. The number of carbonyl (C=O) groups excluding carboxylic acids is 13. The Morgan fingerprint density at radius 3 is 1.75 bits per heavy atom. The molecule has 0 spiro atoms. The molecule has 0 aromatic carbocycles. The summed E-state index contributed by atoms with van der Waals surface area (Å²) in [7, 11) is 11.4. The van der Waals surface area contributed by atoms with Crippen LogP contribution in [0.25, 0.3) is 0 Å². The quantitative estimate of drug-likeness (QED) is 0.177. The molecule has 3 saturated heterocycles. The molecule has 0 aromatic rings. The second kappa shape index (κ2) is 37.4. The van der Waals surface area contributed by atoms with E-state index < -0.39 is 218 Å². The summed E-state index contributed by atoms with van der Waals surface area (Å²) in [5.74, 6) is -18.0. The van der Waals surface area contributed by atoms with Gasteiger partial charge in [-0.2, -0.15) is 13.2 Å². The number of nitrogens with zero attached hydrogens (tertiary/aromatic N) is 10. The Labute approximate surface area is 595 Å². The van der Waals surface area contributed by atoms with E-state index in [0.717, 1.165) is 71.9 Å². The average molecular weight is 1460 g/mol. The molecule has 3 unspecified atom stereocenters. The number of hydrogen-bond donors (Lipinski definition) is 3. The van der Waals surface area contributed by atoms with E-state index in [1.165, 1.54) is 73.2 Å². The number of amides is 13. The second-order valence-corrected chi connectivity index (χ2v) is 29.5. The number of rotatable bonds is 13. The van der Waals surface area contributed by atoms with E-state index in [2.05, 4.69) is 16.0 Å². The van der Waals surface area contributed by atoms with Crippen LogP contribution in [0.1, 0.15) is 144 Å². The number of nitrogens with one attached hydrogen (secondary N) is 3. The Morgan fingerprint density at radius 1 is 0.604 bits per heavy atom. The summed E-state index contributed by atoms with van der Waals surface area (Å²) in [5.41, 5.74) is 0. The molecule has 2 saturated carbocycles. The van der Waals surface area contributed by atoms with Crippen LogP contribution >= 0.6 is 11.6 Å². The molecule has 3 heterocycles. The molecule has 5 rings (SSSR count). The summed E-state index contributed by atoms with van der Waals surface area (Å²) in [4.78, 5) is 200. The van der Waals surface area contributed by atoms with Gasteiger partial charge >= 0.3 is 6.18 Å². The Bertz CT molecular complexity index is 2950. The fraction of sp³-hybridized carbons (Fsp3) is 0.809. The smallest absolute Gasteiger partial charge is 0.382 e. The van der Waals surface area contributed by atoms with Gasteiger partial charge in [-0.1, -0.05) is 66.2 Å². The van der Waals surface area contributed by atoms with Gasteiger partial charge in [0.25, 0.3) is 5.92 Å². The van der Waals surface area contributed by atoms with Crippen LogP contribution in [0.2, 0.25) is 0 Å². The zero-order valence-corrected chi connectivity index (χ0v) is 62.0. The first-order chi connectivity index (χ1) is 47.2. The lowest BCUT2D eigenvalue weighted by Crippen LogP contribution is -2.63. The zero-order chi connectivity index (χ0) is 75.9. The lowest BCUT2D eigenvalue weighted by molar-refractivity contribution is -0.182. The average Bonchev–Trinajstić information content (AvgIpc) is 0.803. The highest BCUT2D eigenvalue weighted by molar-refractivity contribution is 6.21. The molecular formula is C68H109ClF5N13O14. The van der Waals surface area contributed by atoms with Crippen molar-refractivity contribution in [1.29, 1.82) is 0 Å². The lowest BCUT2D eigenvalue weighted by atomic mass is 9.78. The zero-order valence-electron chi connectivity index (χ0n) is 61.2. The van der Waals surface area contributed by atoms with E-state index in [4.69, 9.17) is 16.3 Å². The Kier molecular flexibility index (Phi) is 31.4. The molecular weight excluding hydrogens is 1350 g/mol. The predicted molar refractivity (Wildman–Crippen MR) is 361 cm³/mol. The Hall–Kier alpha value is -6.99. The van der Waals surface area contributed by atoms with E-state index in [-0.39, 0.29) is 44.4 Å². The number of carbonyl (C=O) groups is 13. The number of likely N-dealkylation sites (N-methyl/N-ethyl adjacent to an activating group) is 8. The number of likely N-dealkylation sites (tertiary alicyclic amines) is 2. The van der Waals surface area contributed by atoms with Crippen LogP contribution in [0.4, 0.5) is 22.0 Å². The number of alkyl halides is 6. The molecule has 2 aliphatic carbocycles. The lowest BCUT2D eigenvalue weighted by Gasteiger charge is -2.40.